The second-order valence-corrected chi connectivity index (χ2v) is 9.68. The van der Waals surface area contributed by atoms with Crippen molar-refractivity contribution < 1.29 is 13.6 Å². The number of benzene rings is 1. The summed E-state index contributed by atoms with van der Waals surface area (Å²) in [6.07, 6.45) is 1.12. The van der Waals surface area contributed by atoms with E-state index in [-0.39, 0.29) is 23.2 Å². The lowest BCUT2D eigenvalue weighted by Crippen LogP contribution is -2.39. The van der Waals surface area contributed by atoms with Crippen LogP contribution in [-0.4, -0.2) is 42.2 Å². The Morgan fingerprint density at radius 2 is 1.86 bits per heavy atom. The number of aromatic nitrogens is 5. The number of hydrogen-bond donors (Lipinski definition) is 0. The van der Waals surface area contributed by atoms with Crippen LogP contribution in [0, 0.1) is 6.92 Å². The topological polar surface area (TPSA) is 68.8 Å². The van der Waals surface area contributed by atoms with Crippen LogP contribution in [0.15, 0.2) is 30.5 Å². The van der Waals surface area contributed by atoms with E-state index in [0.29, 0.717) is 34.6 Å². The van der Waals surface area contributed by atoms with E-state index < -0.39 is 6.43 Å². The van der Waals surface area contributed by atoms with Crippen molar-refractivity contribution in [2.75, 3.05) is 7.05 Å². The Morgan fingerprint density at radius 1 is 1.09 bits per heavy atom. The van der Waals surface area contributed by atoms with Crippen LogP contribution in [0.3, 0.4) is 0 Å². The average Bonchev–Trinajstić information content (AvgIpc) is 3.52. The monoisotopic (exact) mass is 476 g/mol. The van der Waals surface area contributed by atoms with Crippen LogP contribution in [0.25, 0.3) is 33.4 Å². The summed E-state index contributed by atoms with van der Waals surface area (Å²) >= 11 is 0. The SMILES string of the molecule is Cc1nn(C)cc1-c1nc2cccc(-c3nc(C4CC4)n4c3CN(C)C(=O)[C@@H]4C)c2cc1C(F)F. The third-order valence-corrected chi connectivity index (χ3v) is 7.14. The van der Waals surface area contributed by atoms with Crippen LogP contribution in [0.5, 0.6) is 0 Å². The highest BCUT2D eigenvalue weighted by Gasteiger charge is 2.38. The normalized spacial score (nSPS) is 18.1. The molecule has 1 aliphatic carbocycles. The van der Waals surface area contributed by atoms with Gasteiger partial charge in [0.25, 0.3) is 6.43 Å². The van der Waals surface area contributed by atoms with Crippen molar-refractivity contribution in [2.24, 2.45) is 7.05 Å². The first-order chi connectivity index (χ1) is 16.7. The number of alkyl halides is 2. The third-order valence-electron chi connectivity index (χ3n) is 7.14. The van der Waals surface area contributed by atoms with E-state index in [4.69, 9.17) is 9.97 Å². The van der Waals surface area contributed by atoms with Gasteiger partial charge in [-0.05, 0) is 38.8 Å². The maximum absolute atomic E-state index is 14.3. The van der Waals surface area contributed by atoms with E-state index in [0.717, 1.165) is 35.6 Å². The predicted molar refractivity (Wildman–Crippen MR) is 128 cm³/mol. The summed E-state index contributed by atoms with van der Waals surface area (Å²) in [5.74, 6) is 1.32. The number of fused-ring (bicyclic) bond motifs is 2. The van der Waals surface area contributed by atoms with Gasteiger partial charge >= 0.3 is 0 Å². The number of hydrogen-bond acceptors (Lipinski definition) is 4. The minimum absolute atomic E-state index is 0.0550. The molecule has 0 N–H and O–H groups in total. The summed E-state index contributed by atoms with van der Waals surface area (Å²) in [7, 11) is 3.55. The Morgan fingerprint density at radius 3 is 2.51 bits per heavy atom. The summed E-state index contributed by atoms with van der Waals surface area (Å²) in [5, 5.41) is 4.94. The van der Waals surface area contributed by atoms with Gasteiger partial charge in [0.2, 0.25) is 5.91 Å². The highest BCUT2D eigenvalue weighted by molar-refractivity contribution is 5.96. The molecule has 6 rings (SSSR count). The van der Waals surface area contributed by atoms with Crippen LogP contribution in [-0.2, 0) is 18.4 Å². The number of amides is 1. The molecule has 1 aromatic carbocycles. The molecule has 0 bridgehead atoms. The van der Waals surface area contributed by atoms with E-state index in [9.17, 15) is 13.6 Å². The summed E-state index contributed by atoms with van der Waals surface area (Å²) in [5.41, 5.74) is 4.44. The van der Waals surface area contributed by atoms with Crippen molar-refractivity contribution in [2.45, 2.75) is 51.6 Å². The third kappa shape index (κ3) is 3.36. The summed E-state index contributed by atoms with van der Waals surface area (Å²) < 4.78 is 32.3. The molecule has 180 valence electrons. The van der Waals surface area contributed by atoms with E-state index in [1.807, 2.05) is 25.1 Å². The Balaban J connectivity index is 1.60. The van der Waals surface area contributed by atoms with Crippen LogP contribution in [0.4, 0.5) is 8.78 Å². The fourth-order valence-corrected chi connectivity index (χ4v) is 5.28. The lowest BCUT2D eigenvalue weighted by molar-refractivity contribution is -0.135. The van der Waals surface area contributed by atoms with Crippen molar-refractivity contribution in [1.29, 1.82) is 0 Å². The Labute approximate surface area is 201 Å². The molecule has 0 unspecified atom stereocenters. The molecular weight excluding hydrogens is 450 g/mol. The van der Waals surface area contributed by atoms with Gasteiger partial charge in [-0.3, -0.25) is 9.48 Å². The zero-order valence-corrected chi connectivity index (χ0v) is 20.1. The molecule has 4 aromatic rings. The Kier molecular flexibility index (Phi) is 4.81. The first-order valence-electron chi connectivity index (χ1n) is 11.8. The number of imidazole rings is 1. The standard InChI is InChI=1S/C26H26F2N6O/c1-13-19(11-33(4)31-13)22-18(24(27)28)10-17-16(6-5-7-20(17)29-22)23-21-12-32(3)26(35)14(2)34(21)25(30-23)15-8-9-15/h5-7,10-11,14-15,24H,8-9,12H2,1-4H3/t14-/m0/s1. The maximum Gasteiger partial charge on any atom is 0.265 e. The Bertz CT molecular complexity index is 1500. The summed E-state index contributed by atoms with van der Waals surface area (Å²) in [4.78, 5) is 24.2. The zero-order valence-electron chi connectivity index (χ0n) is 20.1. The minimum Gasteiger partial charge on any atom is -0.338 e. The van der Waals surface area contributed by atoms with Crippen LogP contribution in [0.1, 0.15) is 60.9 Å². The molecule has 9 heteroatoms. The molecule has 1 atom stereocenters. The average molecular weight is 477 g/mol. The van der Waals surface area contributed by atoms with Crippen LogP contribution < -0.4 is 0 Å². The molecular formula is C26H26F2N6O. The molecule has 0 saturated heterocycles. The van der Waals surface area contributed by atoms with Gasteiger partial charge in [-0.2, -0.15) is 5.10 Å². The van der Waals surface area contributed by atoms with Crippen molar-refractivity contribution in [3.8, 4) is 22.5 Å². The molecule has 35 heavy (non-hydrogen) atoms. The lowest BCUT2D eigenvalue weighted by atomic mass is 9.98. The molecule has 7 nitrogen and oxygen atoms in total. The lowest BCUT2D eigenvalue weighted by Gasteiger charge is -2.31. The highest BCUT2D eigenvalue weighted by Crippen LogP contribution is 2.45. The van der Waals surface area contributed by atoms with Gasteiger partial charge in [0, 0.05) is 48.3 Å². The van der Waals surface area contributed by atoms with E-state index in [1.165, 1.54) is 0 Å². The second kappa shape index (κ2) is 7.69. The molecule has 1 fully saturated rings. The minimum atomic E-state index is -2.70. The van der Waals surface area contributed by atoms with Gasteiger partial charge in [-0.1, -0.05) is 12.1 Å². The van der Waals surface area contributed by atoms with E-state index in [2.05, 4.69) is 9.67 Å². The number of rotatable bonds is 4. The van der Waals surface area contributed by atoms with Gasteiger partial charge in [0.05, 0.1) is 34.8 Å². The molecule has 0 spiro atoms. The number of pyridine rings is 1. The number of halogens is 2. The first-order valence-corrected chi connectivity index (χ1v) is 11.8. The molecule has 2 aliphatic rings. The second-order valence-electron chi connectivity index (χ2n) is 9.68. The number of likely N-dealkylation sites (N-methyl/N-ethyl adjacent to an activating group) is 1. The van der Waals surface area contributed by atoms with Crippen molar-refractivity contribution in [3.05, 3.63) is 53.2 Å². The van der Waals surface area contributed by atoms with Crippen LogP contribution >= 0.6 is 0 Å². The zero-order chi connectivity index (χ0) is 24.6. The number of carbonyl (C=O) groups is 1. The predicted octanol–water partition coefficient (Wildman–Crippen LogP) is 5.16. The van der Waals surface area contributed by atoms with Crippen molar-refractivity contribution >= 4 is 16.8 Å². The molecule has 1 saturated carbocycles. The summed E-state index contributed by atoms with van der Waals surface area (Å²) in [6.45, 7) is 4.13. The van der Waals surface area contributed by atoms with Crippen molar-refractivity contribution in [1.82, 2.24) is 29.2 Å². The highest BCUT2D eigenvalue weighted by atomic mass is 19.3. The van der Waals surface area contributed by atoms with Gasteiger partial charge in [-0.25, -0.2) is 18.7 Å². The molecule has 4 heterocycles. The smallest absolute Gasteiger partial charge is 0.265 e. The fourth-order valence-electron chi connectivity index (χ4n) is 5.28. The van der Waals surface area contributed by atoms with Gasteiger partial charge < -0.3 is 9.47 Å². The van der Waals surface area contributed by atoms with Gasteiger partial charge in [0.1, 0.15) is 11.9 Å². The maximum atomic E-state index is 14.3. The van der Waals surface area contributed by atoms with Gasteiger partial charge in [-0.15, -0.1) is 0 Å². The molecule has 0 radical (unpaired) electrons. The first kappa shape index (κ1) is 21.9. The van der Waals surface area contributed by atoms with Gasteiger partial charge in [0.15, 0.2) is 0 Å². The number of aryl methyl sites for hydroxylation is 2. The molecule has 1 aliphatic heterocycles. The summed E-state index contributed by atoms with van der Waals surface area (Å²) in [6, 6.07) is 6.84. The quantitative estimate of drug-likeness (QED) is 0.408. The fraction of sp³-hybridized carbons (Fsp3) is 0.385. The van der Waals surface area contributed by atoms with Crippen LogP contribution in [0.2, 0.25) is 0 Å². The van der Waals surface area contributed by atoms with E-state index >= 15 is 0 Å². The largest absolute Gasteiger partial charge is 0.338 e. The van der Waals surface area contributed by atoms with Crippen molar-refractivity contribution in [3.63, 3.8) is 0 Å². The number of nitrogens with zero attached hydrogens (tertiary/aromatic N) is 6. The molecule has 1 amide bonds. The molecule has 3 aromatic heterocycles. The Hall–Kier alpha value is -3.62. The van der Waals surface area contributed by atoms with E-state index in [1.54, 1.807) is 42.9 Å². The number of carbonyl (C=O) groups excluding carboxylic acids is 1.